The quantitative estimate of drug-likeness (QED) is 0.259. The van der Waals surface area contributed by atoms with Crippen LogP contribution in [0.5, 0.6) is 5.75 Å². The van der Waals surface area contributed by atoms with Crippen molar-refractivity contribution in [3.8, 4) is 17.0 Å². The summed E-state index contributed by atoms with van der Waals surface area (Å²) in [4.78, 5) is 17.8. The van der Waals surface area contributed by atoms with E-state index in [1.54, 1.807) is 12.3 Å². The molecule has 1 amide bonds. The molecule has 0 aliphatic rings. The molecule has 0 saturated carbocycles. The number of carbonyl (C=O) groups is 1. The minimum Gasteiger partial charge on any atom is -0.491 e. The number of para-hydroxylation sites is 1. The monoisotopic (exact) mass is 487 g/mol. The maximum Gasteiger partial charge on any atom is 0.272 e. The maximum atomic E-state index is 13.0. The van der Waals surface area contributed by atoms with E-state index in [4.69, 9.17) is 9.72 Å². The molecule has 0 aliphatic carbocycles. The lowest BCUT2D eigenvalue weighted by atomic mass is 10.0. The number of hydrogen-bond donors (Lipinski definition) is 1. The number of carbonyl (C=O) groups excluding carboxylic acids is 1. The van der Waals surface area contributed by atoms with E-state index in [0.717, 1.165) is 32.3 Å². The molecule has 1 aromatic heterocycles. The van der Waals surface area contributed by atoms with E-state index in [0.29, 0.717) is 11.3 Å². The molecule has 6 heteroatoms. The summed E-state index contributed by atoms with van der Waals surface area (Å²) in [6, 6.07) is 24.8. The third kappa shape index (κ3) is 5.21. The van der Waals surface area contributed by atoms with Gasteiger partial charge >= 0.3 is 0 Å². The van der Waals surface area contributed by atoms with Crippen LogP contribution in [0.1, 0.15) is 29.8 Å². The zero-order chi connectivity index (χ0) is 22.5. The summed E-state index contributed by atoms with van der Waals surface area (Å²) < 4.78 is 6.76. The van der Waals surface area contributed by atoms with Gasteiger partial charge in [-0.25, -0.2) is 10.4 Å². The van der Waals surface area contributed by atoms with Gasteiger partial charge in [0.15, 0.2) is 0 Å². The van der Waals surface area contributed by atoms with E-state index in [2.05, 4.69) is 26.5 Å². The Balaban J connectivity index is 1.67. The Hall–Kier alpha value is -3.51. The van der Waals surface area contributed by atoms with Crippen molar-refractivity contribution < 1.29 is 9.53 Å². The SMILES string of the molecule is CC(C)Oc1cccc(-c2cc(C(=O)N/N=C/c3cccc(Br)c3)c3ccccc3n2)c1. The zero-order valence-electron chi connectivity index (χ0n) is 17.7. The number of aromatic nitrogens is 1. The van der Waals surface area contributed by atoms with Gasteiger partial charge in [-0.2, -0.15) is 5.10 Å². The molecule has 0 bridgehead atoms. The van der Waals surface area contributed by atoms with Gasteiger partial charge in [0.1, 0.15) is 5.75 Å². The molecule has 4 aromatic rings. The molecule has 4 rings (SSSR count). The summed E-state index contributed by atoms with van der Waals surface area (Å²) in [6.07, 6.45) is 1.68. The first-order chi connectivity index (χ1) is 15.5. The second-order valence-corrected chi connectivity index (χ2v) is 8.44. The second-order valence-electron chi connectivity index (χ2n) is 7.52. The number of nitrogens with one attached hydrogen (secondary N) is 1. The fraction of sp³-hybridized carbons (Fsp3) is 0.115. The Morgan fingerprint density at radius 2 is 1.84 bits per heavy atom. The zero-order valence-corrected chi connectivity index (χ0v) is 19.3. The minimum atomic E-state index is -0.300. The molecule has 0 radical (unpaired) electrons. The van der Waals surface area contributed by atoms with E-state index < -0.39 is 0 Å². The van der Waals surface area contributed by atoms with Crippen LogP contribution < -0.4 is 10.2 Å². The van der Waals surface area contributed by atoms with Gasteiger partial charge in [0.2, 0.25) is 0 Å². The van der Waals surface area contributed by atoms with Crippen molar-refractivity contribution in [2.75, 3.05) is 0 Å². The van der Waals surface area contributed by atoms with Gasteiger partial charge in [0, 0.05) is 15.4 Å². The molecular formula is C26H22BrN3O2. The van der Waals surface area contributed by atoms with Crippen molar-refractivity contribution in [2.45, 2.75) is 20.0 Å². The largest absolute Gasteiger partial charge is 0.491 e. The summed E-state index contributed by atoms with van der Waals surface area (Å²) in [7, 11) is 0. The maximum absolute atomic E-state index is 13.0. The molecule has 0 unspecified atom stereocenters. The van der Waals surface area contributed by atoms with E-state index >= 15 is 0 Å². The number of halogens is 1. The Morgan fingerprint density at radius 3 is 2.66 bits per heavy atom. The number of pyridine rings is 1. The lowest BCUT2D eigenvalue weighted by Gasteiger charge is -2.12. The number of hydrazone groups is 1. The molecule has 0 fully saturated rings. The molecule has 5 nitrogen and oxygen atoms in total. The predicted octanol–water partition coefficient (Wildman–Crippen LogP) is 6.22. The number of benzene rings is 3. The normalized spacial score (nSPS) is 11.2. The Morgan fingerprint density at radius 1 is 1.03 bits per heavy atom. The third-order valence-corrected chi connectivity index (χ3v) is 5.18. The summed E-state index contributed by atoms with van der Waals surface area (Å²) in [6.45, 7) is 3.97. The van der Waals surface area contributed by atoms with Crippen LogP contribution in [0.3, 0.4) is 0 Å². The summed E-state index contributed by atoms with van der Waals surface area (Å²) in [5.74, 6) is 0.461. The van der Waals surface area contributed by atoms with Crippen LogP contribution in [0.25, 0.3) is 22.2 Å². The number of ether oxygens (including phenoxy) is 1. The molecular weight excluding hydrogens is 466 g/mol. The van der Waals surface area contributed by atoms with Gasteiger partial charge in [-0.15, -0.1) is 0 Å². The summed E-state index contributed by atoms with van der Waals surface area (Å²) in [5.41, 5.74) is 6.33. The van der Waals surface area contributed by atoms with Gasteiger partial charge in [-0.3, -0.25) is 4.79 Å². The van der Waals surface area contributed by atoms with Crippen molar-refractivity contribution >= 4 is 39.0 Å². The molecule has 0 spiro atoms. The first-order valence-electron chi connectivity index (χ1n) is 10.3. The fourth-order valence-electron chi connectivity index (χ4n) is 3.32. The average molecular weight is 488 g/mol. The molecule has 32 heavy (non-hydrogen) atoms. The van der Waals surface area contributed by atoms with Crippen molar-refractivity contribution in [1.82, 2.24) is 10.4 Å². The van der Waals surface area contributed by atoms with E-state index in [1.165, 1.54) is 0 Å². The molecule has 0 aliphatic heterocycles. The van der Waals surface area contributed by atoms with Crippen molar-refractivity contribution in [3.63, 3.8) is 0 Å². The Kier molecular flexibility index (Phi) is 6.61. The van der Waals surface area contributed by atoms with Gasteiger partial charge in [-0.05, 0) is 55.8 Å². The predicted molar refractivity (Wildman–Crippen MR) is 132 cm³/mol. The molecule has 160 valence electrons. The topological polar surface area (TPSA) is 63.6 Å². The fourth-order valence-corrected chi connectivity index (χ4v) is 3.74. The molecule has 0 saturated heterocycles. The van der Waals surface area contributed by atoms with E-state index in [9.17, 15) is 4.79 Å². The highest BCUT2D eigenvalue weighted by molar-refractivity contribution is 9.10. The van der Waals surface area contributed by atoms with Crippen LogP contribution >= 0.6 is 15.9 Å². The molecule has 0 atom stereocenters. The first kappa shape index (κ1) is 21.7. The van der Waals surface area contributed by atoms with Crippen LogP contribution in [0.4, 0.5) is 0 Å². The number of hydrogen-bond acceptors (Lipinski definition) is 4. The van der Waals surface area contributed by atoms with E-state index in [-0.39, 0.29) is 12.0 Å². The van der Waals surface area contributed by atoms with Gasteiger partial charge in [0.05, 0.1) is 29.1 Å². The second kappa shape index (κ2) is 9.75. The van der Waals surface area contributed by atoms with Crippen molar-refractivity contribution in [2.24, 2.45) is 5.10 Å². The smallest absolute Gasteiger partial charge is 0.272 e. The van der Waals surface area contributed by atoms with Crippen molar-refractivity contribution in [1.29, 1.82) is 0 Å². The highest BCUT2D eigenvalue weighted by Gasteiger charge is 2.14. The van der Waals surface area contributed by atoms with Gasteiger partial charge in [0.25, 0.3) is 5.91 Å². The third-order valence-electron chi connectivity index (χ3n) is 4.69. The average Bonchev–Trinajstić information content (AvgIpc) is 2.78. The summed E-state index contributed by atoms with van der Waals surface area (Å²) >= 11 is 3.43. The van der Waals surface area contributed by atoms with E-state index in [1.807, 2.05) is 86.6 Å². The number of fused-ring (bicyclic) bond motifs is 1. The number of nitrogens with zero attached hydrogens (tertiary/aromatic N) is 2. The molecule has 1 heterocycles. The van der Waals surface area contributed by atoms with Crippen LogP contribution in [-0.2, 0) is 0 Å². The molecule has 1 N–H and O–H groups in total. The molecule has 3 aromatic carbocycles. The highest BCUT2D eigenvalue weighted by atomic mass is 79.9. The first-order valence-corrected chi connectivity index (χ1v) is 11.0. The lowest BCUT2D eigenvalue weighted by Crippen LogP contribution is -2.18. The number of amides is 1. The minimum absolute atomic E-state index is 0.0688. The Bertz CT molecular complexity index is 1300. The Labute approximate surface area is 195 Å². The van der Waals surface area contributed by atoms with Crippen LogP contribution in [-0.4, -0.2) is 23.2 Å². The van der Waals surface area contributed by atoms with Crippen LogP contribution in [0.2, 0.25) is 0 Å². The highest BCUT2D eigenvalue weighted by Crippen LogP contribution is 2.27. The number of rotatable bonds is 6. The van der Waals surface area contributed by atoms with Crippen LogP contribution in [0, 0.1) is 0 Å². The lowest BCUT2D eigenvalue weighted by molar-refractivity contribution is 0.0956. The van der Waals surface area contributed by atoms with Gasteiger partial charge in [-0.1, -0.05) is 58.4 Å². The summed E-state index contributed by atoms with van der Waals surface area (Å²) in [5, 5.41) is 4.89. The van der Waals surface area contributed by atoms with Gasteiger partial charge < -0.3 is 4.74 Å². The van der Waals surface area contributed by atoms with Crippen molar-refractivity contribution in [3.05, 3.63) is 94.5 Å². The standard InChI is InChI=1S/C26H22BrN3O2/c1-17(2)32-21-10-6-8-19(14-21)25-15-23(22-11-3-4-12-24(22)29-25)26(31)30-28-16-18-7-5-9-20(27)13-18/h3-17H,1-2H3,(H,30,31)/b28-16+. The van der Waals surface area contributed by atoms with Crippen LogP contribution in [0.15, 0.2) is 88.4 Å².